The Labute approximate surface area is 83.6 Å². The first-order chi connectivity index (χ1) is 5.95. The van der Waals surface area contributed by atoms with Crippen molar-refractivity contribution in [2.45, 2.75) is 46.1 Å². The number of thiazole rings is 1. The number of nitrogens with zero attached hydrogens (tertiary/aromatic N) is 1. The zero-order chi connectivity index (χ0) is 10.1. The maximum atomic E-state index is 9.82. The van der Waals surface area contributed by atoms with Gasteiger partial charge < -0.3 is 5.11 Å². The second-order valence-corrected chi connectivity index (χ2v) is 4.91. The average Bonchev–Trinajstić information content (AvgIpc) is 2.30. The zero-order valence-corrected chi connectivity index (χ0v) is 9.53. The highest BCUT2D eigenvalue weighted by Crippen LogP contribution is 2.29. The minimum absolute atomic E-state index is 0.742. The Hall–Kier alpha value is -0.410. The third-order valence-electron chi connectivity index (χ3n) is 1.86. The molecule has 0 amide bonds. The van der Waals surface area contributed by atoms with Gasteiger partial charge in [0.05, 0.1) is 21.2 Å². The highest BCUT2D eigenvalue weighted by molar-refractivity contribution is 7.11. The molecule has 2 nitrogen and oxygen atoms in total. The van der Waals surface area contributed by atoms with Crippen molar-refractivity contribution in [3.05, 3.63) is 15.6 Å². The van der Waals surface area contributed by atoms with Crippen LogP contribution < -0.4 is 0 Å². The Morgan fingerprint density at radius 2 is 2.08 bits per heavy atom. The van der Waals surface area contributed by atoms with E-state index in [2.05, 4.69) is 11.9 Å². The van der Waals surface area contributed by atoms with Crippen molar-refractivity contribution < 1.29 is 5.11 Å². The van der Waals surface area contributed by atoms with Crippen LogP contribution in [0.5, 0.6) is 0 Å². The fourth-order valence-corrected chi connectivity index (χ4v) is 2.51. The molecule has 0 radical (unpaired) electrons. The van der Waals surface area contributed by atoms with Crippen molar-refractivity contribution in [1.82, 2.24) is 4.98 Å². The summed E-state index contributed by atoms with van der Waals surface area (Å²) in [6.45, 7) is 7.72. The van der Waals surface area contributed by atoms with E-state index < -0.39 is 5.60 Å². The molecule has 0 fully saturated rings. The number of aliphatic hydroxyl groups is 1. The second kappa shape index (κ2) is 3.76. The summed E-state index contributed by atoms with van der Waals surface area (Å²) in [4.78, 5) is 5.42. The van der Waals surface area contributed by atoms with Crippen LogP contribution in [0.1, 0.15) is 42.8 Å². The topological polar surface area (TPSA) is 33.1 Å². The van der Waals surface area contributed by atoms with Gasteiger partial charge in [0.2, 0.25) is 0 Å². The number of aromatic nitrogens is 1. The molecule has 0 bridgehead atoms. The summed E-state index contributed by atoms with van der Waals surface area (Å²) in [5.41, 5.74) is 0.231. The number of hydrogen-bond donors (Lipinski definition) is 1. The fourth-order valence-electron chi connectivity index (χ4n) is 1.34. The first-order valence-corrected chi connectivity index (χ1v) is 5.46. The molecule has 1 aromatic rings. The van der Waals surface area contributed by atoms with Gasteiger partial charge in [0.1, 0.15) is 0 Å². The summed E-state index contributed by atoms with van der Waals surface area (Å²) >= 11 is 1.63. The molecule has 0 saturated heterocycles. The Kier molecular flexibility index (Phi) is 3.09. The van der Waals surface area contributed by atoms with Crippen LogP contribution in [0, 0.1) is 6.92 Å². The SMILES string of the molecule is CCCc1nc(C)c(C(C)(C)O)s1. The molecule has 0 aliphatic carbocycles. The molecule has 1 N–H and O–H groups in total. The lowest BCUT2D eigenvalue weighted by molar-refractivity contribution is 0.0817. The van der Waals surface area contributed by atoms with E-state index in [-0.39, 0.29) is 0 Å². The quantitative estimate of drug-likeness (QED) is 0.811. The predicted octanol–water partition coefficient (Wildman–Crippen LogP) is 2.63. The molecule has 0 aliphatic rings. The van der Waals surface area contributed by atoms with E-state index in [4.69, 9.17) is 0 Å². The Morgan fingerprint density at radius 1 is 1.46 bits per heavy atom. The Balaban J connectivity index is 2.96. The highest BCUT2D eigenvalue weighted by atomic mass is 32.1. The number of rotatable bonds is 3. The van der Waals surface area contributed by atoms with Crippen LogP contribution in [0.25, 0.3) is 0 Å². The van der Waals surface area contributed by atoms with E-state index in [0.717, 1.165) is 28.4 Å². The van der Waals surface area contributed by atoms with Gasteiger partial charge in [-0.15, -0.1) is 11.3 Å². The number of aryl methyl sites for hydroxylation is 2. The normalized spacial score (nSPS) is 12.1. The average molecular weight is 199 g/mol. The van der Waals surface area contributed by atoms with Crippen molar-refractivity contribution in [2.24, 2.45) is 0 Å². The van der Waals surface area contributed by atoms with Crippen molar-refractivity contribution in [3.8, 4) is 0 Å². The molecule has 0 aliphatic heterocycles. The van der Waals surface area contributed by atoms with Crippen LogP contribution in [-0.4, -0.2) is 10.1 Å². The number of hydrogen-bond acceptors (Lipinski definition) is 3. The standard InChI is InChI=1S/C10H17NOS/c1-5-6-8-11-7(2)9(13-8)10(3,4)12/h12H,5-6H2,1-4H3. The summed E-state index contributed by atoms with van der Waals surface area (Å²) in [5.74, 6) is 0. The van der Waals surface area contributed by atoms with Crippen LogP contribution in [0.3, 0.4) is 0 Å². The Morgan fingerprint density at radius 3 is 2.46 bits per heavy atom. The zero-order valence-electron chi connectivity index (χ0n) is 8.72. The molecule has 0 saturated carbocycles. The van der Waals surface area contributed by atoms with E-state index in [9.17, 15) is 5.11 Å². The van der Waals surface area contributed by atoms with Crippen LogP contribution in [0.15, 0.2) is 0 Å². The minimum Gasteiger partial charge on any atom is -0.385 e. The first kappa shape index (κ1) is 10.7. The van der Waals surface area contributed by atoms with E-state index in [0.29, 0.717) is 0 Å². The third kappa shape index (κ3) is 2.51. The fraction of sp³-hybridized carbons (Fsp3) is 0.700. The summed E-state index contributed by atoms with van der Waals surface area (Å²) in [6.07, 6.45) is 2.12. The van der Waals surface area contributed by atoms with Gasteiger partial charge in [-0.1, -0.05) is 6.92 Å². The van der Waals surface area contributed by atoms with Gasteiger partial charge >= 0.3 is 0 Å². The smallest absolute Gasteiger partial charge is 0.0950 e. The van der Waals surface area contributed by atoms with Gasteiger partial charge in [-0.3, -0.25) is 0 Å². The van der Waals surface area contributed by atoms with Crippen molar-refractivity contribution in [1.29, 1.82) is 0 Å². The summed E-state index contributed by atoms with van der Waals surface area (Å²) < 4.78 is 0. The lowest BCUT2D eigenvalue weighted by Crippen LogP contribution is -2.14. The molecule has 0 aromatic carbocycles. The Bertz CT molecular complexity index is 286. The molecule has 3 heteroatoms. The van der Waals surface area contributed by atoms with E-state index in [1.807, 2.05) is 20.8 Å². The minimum atomic E-state index is -0.742. The van der Waals surface area contributed by atoms with Crippen LogP contribution in [0.4, 0.5) is 0 Å². The summed E-state index contributed by atoms with van der Waals surface area (Å²) in [7, 11) is 0. The van der Waals surface area contributed by atoms with Gasteiger partial charge in [-0.25, -0.2) is 4.98 Å². The molecule has 1 rings (SSSR count). The van der Waals surface area contributed by atoms with Gasteiger partial charge in [0, 0.05) is 0 Å². The molecule has 1 heterocycles. The summed E-state index contributed by atoms with van der Waals surface area (Å²) in [5, 5.41) is 11.0. The summed E-state index contributed by atoms with van der Waals surface area (Å²) in [6, 6.07) is 0. The third-order valence-corrected chi connectivity index (χ3v) is 3.39. The van der Waals surface area contributed by atoms with Gasteiger partial charge in [0.25, 0.3) is 0 Å². The van der Waals surface area contributed by atoms with Gasteiger partial charge in [-0.2, -0.15) is 0 Å². The van der Waals surface area contributed by atoms with Crippen LogP contribution in [-0.2, 0) is 12.0 Å². The van der Waals surface area contributed by atoms with Crippen LogP contribution in [0.2, 0.25) is 0 Å². The molecular formula is C10H17NOS. The molecular weight excluding hydrogens is 182 g/mol. The predicted molar refractivity (Wildman–Crippen MR) is 56.1 cm³/mol. The maximum Gasteiger partial charge on any atom is 0.0950 e. The molecule has 1 aromatic heterocycles. The van der Waals surface area contributed by atoms with Crippen molar-refractivity contribution in [3.63, 3.8) is 0 Å². The molecule has 0 spiro atoms. The molecule has 0 atom stereocenters. The van der Waals surface area contributed by atoms with E-state index >= 15 is 0 Å². The molecule has 0 unspecified atom stereocenters. The maximum absolute atomic E-state index is 9.82. The molecule has 13 heavy (non-hydrogen) atoms. The van der Waals surface area contributed by atoms with Crippen LogP contribution >= 0.6 is 11.3 Å². The van der Waals surface area contributed by atoms with Crippen molar-refractivity contribution >= 4 is 11.3 Å². The van der Waals surface area contributed by atoms with E-state index in [1.54, 1.807) is 11.3 Å². The van der Waals surface area contributed by atoms with Gasteiger partial charge in [-0.05, 0) is 33.6 Å². The van der Waals surface area contributed by atoms with E-state index in [1.165, 1.54) is 0 Å². The lowest BCUT2D eigenvalue weighted by atomic mass is 10.1. The second-order valence-electron chi connectivity index (χ2n) is 3.83. The molecule has 74 valence electrons. The highest BCUT2D eigenvalue weighted by Gasteiger charge is 2.22. The first-order valence-electron chi connectivity index (χ1n) is 4.64. The van der Waals surface area contributed by atoms with Crippen molar-refractivity contribution in [2.75, 3.05) is 0 Å². The largest absolute Gasteiger partial charge is 0.385 e. The lowest BCUT2D eigenvalue weighted by Gasteiger charge is -2.14. The van der Waals surface area contributed by atoms with Gasteiger partial charge in [0.15, 0.2) is 0 Å². The monoisotopic (exact) mass is 199 g/mol.